The normalized spacial score (nSPS) is 13.6. The Morgan fingerprint density at radius 2 is 2.07 bits per heavy atom. The SMILES string of the molecule is C/C=N\C=C(\C#N)C(C)(C)NC(C)C. The van der Waals surface area contributed by atoms with E-state index in [0.29, 0.717) is 11.6 Å². The lowest BCUT2D eigenvalue weighted by Crippen LogP contribution is -2.44. The van der Waals surface area contributed by atoms with Gasteiger partial charge in [-0.2, -0.15) is 5.26 Å². The molecule has 0 aromatic heterocycles. The van der Waals surface area contributed by atoms with Crippen LogP contribution in [0.25, 0.3) is 0 Å². The molecule has 0 aromatic rings. The molecule has 0 fully saturated rings. The highest BCUT2D eigenvalue weighted by Gasteiger charge is 2.23. The predicted molar refractivity (Wildman–Crippen MR) is 60.2 cm³/mol. The predicted octanol–water partition coefficient (Wildman–Crippen LogP) is 2.26. The van der Waals surface area contributed by atoms with Crippen molar-refractivity contribution >= 4 is 6.21 Å². The molecule has 78 valence electrons. The molecule has 1 N–H and O–H groups in total. The third-order valence-electron chi connectivity index (χ3n) is 1.80. The van der Waals surface area contributed by atoms with Gasteiger partial charge in [0.1, 0.15) is 0 Å². The van der Waals surface area contributed by atoms with Crippen molar-refractivity contribution in [3.63, 3.8) is 0 Å². The van der Waals surface area contributed by atoms with Crippen LogP contribution in [-0.2, 0) is 0 Å². The van der Waals surface area contributed by atoms with Gasteiger partial charge in [0.25, 0.3) is 0 Å². The van der Waals surface area contributed by atoms with Gasteiger partial charge in [-0.25, -0.2) is 0 Å². The van der Waals surface area contributed by atoms with E-state index in [-0.39, 0.29) is 5.54 Å². The quantitative estimate of drug-likeness (QED) is 0.550. The van der Waals surface area contributed by atoms with Gasteiger partial charge in [0, 0.05) is 24.0 Å². The van der Waals surface area contributed by atoms with Crippen molar-refractivity contribution in [3.05, 3.63) is 11.8 Å². The van der Waals surface area contributed by atoms with Gasteiger partial charge < -0.3 is 5.32 Å². The molecule has 0 aliphatic rings. The molecule has 0 atom stereocenters. The molecule has 3 nitrogen and oxygen atoms in total. The molecule has 0 aliphatic carbocycles. The van der Waals surface area contributed by atoms with Crippen molar-refractivity contribution < 1.29 is 0 Å². The number of nitrogens with one attached hydrogen (secondary N) is 1. The molecule has 0 spiro atoms. The van der Waals surface area contributed by atoms with Crippen LogP contribution in [0.1, 0.15) is 34.6 Å². The van der Waals surface area contributed by atoms with Gasteiger partial charge in [-0.3, -0.25) is 4.99 Å². The van der Waals surface area contributed by atoms with Gasteiger partial charge in [0.2, 0.25) is 0 Å². The van der Waals surface area contributed by atoms with E-state index in [0.717, 1.165) is 0 Å². The van der Waals surface area contributed by atoms with E-state index in [9.17, 15) is 0 Å². The lowest BCUT2D eigenvalue weighted by molar-refractivity contribution is 0.415. The summed E-state index contributed by atoms with van der Waals surface area (Å²) in [6.45, 7) is 9.90. The van der Waals surface area contributed by atoms with Crippen molar-refractivity contribution in [1.29, 1.82) is 5.26 Å². The number of hydrogen-bond donors (Lipinski definition) is 1. The zero-order valence-corrected chi connectivity index (χ0v) is 9.63. The van der Waals surface area contributed by atoms with Crippen LogP contribution < -0.4 is 5.32 Å². The summed E-state index contributed by atoms with van der Waals surface area (Å²) in [5.41, 5.74) is 0.319. The molecular weight excluding hydrogens is 174 g/mol. The second-order valence-electron chi connectivity index (χ2n) is 3.99. The molecule has 0 rings (SSSR count). The van der Waals surface area contributed by atoms with Gasteiger partial charge in [-0.05, 0) is 20.8 Å². The first kappa shape index (κ1) is 12.9. The van der Waals surface area contributed by atoms with Crippen molar-refractivity contribution in [2.45, 2.75) is 46.2 Å². The van der Waals surface area contributed by atoms with Crippen LogP contribution in [0.2, 0.25) is 0 Å². The summed E-state index contributed by atoms with van der Waals surface area (Å²) in [5, 5.41) is 12.3. The Labute approximate surface area is 86.5 Å². The first-order chi connectivity index (χ1) is 6.44. The summed E-state index contributed by atoms with van der Waals surface area (Å²) in [5.74, 6) is 0. The lowest BCUT2D eigenvalue weighted by atomic mass is 9.95. The first-order valence-corrected chi connectivity index (χ1v) is 4.80. The number of nitriles is 1. The van der Waals surface area contributed by atoms with Crippen LogP contribution in [0.3, 0.4) is 0 Å². The molecule has 0 radical (unpaired) electrons. The summed E-state index contributed by atoms with van der Waals surface area (Å²) in [6.07, 6.45) is 3.28. The summed E-state index contributed by atoms with van der Waals surface area (Å²) in [6, 6.07) is 2.51. The third kappa shape index (κ3) is 4.20. The van der Waals surface area contributed by atoms with Crippen LogP contribution in [0.4, 0.5) is 0 Å². The van der Waals surface area contributed by atoms with Crippen LogP contribution in [-0.4, -0.2) is 17.8 Å². The van der Waals surface area contributed by atoms with Gasteiger partial charge in [-0.1, -0.05) is 13.8 Å². The maximum Gasteiger partial charge on any atom is 0.0982 e. The van der Waals surface area contributed by atoms with Crippen molar-refractivity contribution in [3.8, 4) is 6.07 Å². The van der Waals surface area contributed by atoms with Gasteiger partial charge in [0.15, 0.2) is 0 Å². The summed E-state index contributed by atoms with van der Waals surface area (Å²) in [7, 11) is 0. The Morgan fingerprint density at radius 3 is 2.43 bits per heavy atom. The highest BCUT2D eigenvalue weighted by atomic mass is 15.0. The highest BCUT2D eigenvalue weighted by molar-refractivity contribution is 5.54. The Morgan fingerprint density at radius 1 is 1.50 bits per heavy atom. The molecule has 14 heavy (non-hydrogen) atoms. The van der Waals surface area contributed by atoms with E-state index in [1.165, 1.54) is 0 Å². The fraction of sp³-hybridized carbons (Fsp3) is 0.636. The van der Waals surface area contributed by atoms with Crippen LogP contribution in [0.5, 0.6) is 0 Å². The third-order valence-corrected chi connectivity index (χ3v) is 1.80. The maximum absolute atomic E-state index is 8.97. The molecular formula is C11H19N3. The summed E-state index contributed by atoms with van der Waals surface area (Å²) < 4.78 is 0. The van der Waals surface area contributed by atoms with E-state index in [2.05, 4.69) is 30.2 Å². The van der Waals surface area contributed by atoms with Crippen molar-refractivity contribution in [1.82, 2.24) is 5.32 Å². The average molecular weight is 193 g/mol. The minimum absolute atomic E-state index is 0.324. The number of rotatable bonds is 4. The Balaban J connectivity index is 4.76. The van der Waals surface area contributed by atoms with Gasteiger partial charge in [-0.15, -0.1) is 0 Å². The van der Waals surface area contributed by atoms with Gasteiger partial charge >= 0.3 is 0 Å². The molecule has 0 unspecified atom stereocenters. The molecule has 0 heterocycles. The van der Waals surface area contributed by atoms with E-state index in [4.69, 9.17) is 5.26 Å². The Kier molecular flexibility index (Phi) is 5.11. The summed E-state index contributed by atoms with van der Waals surface area (Å²) >= 11 is 0. The lowest BCUT2D eigenvalue weighted by Gasteiger charge is -2.27. The standard InChI is InChI=1S/C11H19N3/c1-6-13-8-10(7-12)11(4,5)14-9(2)3/h6,8-9,14H,1-5H3/b10-8-,13-6-. The van der Waals surface area contributed by atoms with E-state index < -0.39 is 0 Å². The number of hydrogen-bond acceptors (Lipinski definition) is 3. The number of aliphatic imine (C=N–C) groups is 1. The minimum Gasteiger partial charge on any atom is -0.305 e. The fourth-order valence-corrected chi connectivity index (χ4v) is 1.28. The smallest absolute Gasteiger partial charge is 0.0982 e. The first-order valence-electron chi connectivity index (χ1n) is 4.80. The molecule has 0 bridgehead atoms. The fourth-order valence-electron chi connectivity index (χ4n) is 1.28. The second-order valence-corrected chi connectivity index (χ2v) is 3.99. The minimum atomic E-state index is -0.324. The zero-order valence-electron chi connectivity index (χ0n) is 9.63. The molecule has 0 amide bonds. The largest absolute Gasteiger partial charge is 0.305 e. The topological polar surface area (TPSA) is 48.2 Å². The monoisotopic (exact) mass is 193 g/mol. The van der Waals surface area contributed by atoms with Crippen LogP contribution >= 0.6 is 0 Å². The van der Waals surface area contributed by atoms with Crippen molar-refractivity contribution in [2.24, 2.45) is 4.99 Å². The van der Waals surface area contributed by atoms with Crippen molar-refractivity contribution in [2.75, 3.05) is 0 Å². The maximum atomic E-state index is 8.97. The molecule has 0 saturated heterocycles. The molecule has 0 aromatic carbocycles. The Hall–Kier alpha value is -1.14. The van der Waals surface area contributed by atoms with E-state index in [1.807, 2.05) is 20.8 Å². The highest BCUT2D eigenvalue weighted by Crippen LogP contribution is 2.15. The Bertz CT molecular complexity index is 267. The summed E-state index contributed by atoms with van der Waals surface area (Å²) in [4.78, 5) is 3.97. The average Bonchev–Trinajstić information content (AvgIpc) is 2.02. The molecule has 0 saturated carbocycles. The molecule has 0 aliphatic heterocycles. The van der Waals surface area contributed by atoms with Gasteiger partial charge in [0.05, 0.1) is 11.6 Å². The molecule has 3 heteroatoms. The van der Waals surface area contributed by atoms with Crippen LogP contribution in [0, 0.1) is 11.3 Å². The van der Waals surface area contributed by atoms with Crippen LogP contribution in [0.15, 0.2) is 16.8 Å². The zero-order chi connectivity index (χ0) is 11.2. The number of nitrogens with zero attached hydrogens (tertiary/aromatic N) is 2. The second kappa shape index (κ2) is 5.56. The van der Waals surface area contributed by atoms with E-state index in [1.54, 1.807) is 12.4 Å². The van der Waals surface area contributed by atoms with E-state index >= 15 is 0 Å².